The first-order valence-corrected chi connectivity index (χ1v) is 8.37. The number of rotatable bonds is 1. The lowest BCUT2D eigenvalue weighted by Gasteiger charge is -2.34. The van der Waals surface area contributed by atoms with Crippen molar-refractivity contribution in [1.82, 2.24) is 0 Å². The van der Waals surface area contributed by atoms with E-state index in [1.807, 2.05) is 13.8 Å². The van der Waals surface area contributed by atoms with Gasteiger partial charge in [0.2, 0.25) is 5.78 Å². The van der Waals surface area contributed by atoms with Gasteiger partial charge < -0.3 is 29.9 Å². The summed E-state index contributed by atoms with van der Waals surface area (Å²) in [6, 6.07) is 5.09. The van der Waals surface area contributed by atoms with E-state index in [-0.39, 0.29) is 34.1 Å². The highest BCUT2D eigenvalue weighted by atomic mass is 16.5. The number of aliphatic hydroxyl groups excluding tert-OH is 1. The molecule has 7 heteroatoms. The highest BCUT2D eigenvalue weighted by Crippen LogP contribution is 2.49. The molecule has 0 radical (unpaired) electrons. The van der Waals surface area contributed by atoms with Crippen molar-refractivity contribution in [3.8, 4) is 28.7 Å². The number of ketones is 1. The monoisotopic (exact) mass is 370 g/mol. The van der Waals surface area contributed by atoms with Crippen LogP contribution in [0.4, 0.5) is 0 Å². The molecule has 2 aliphatic rings. The second kappa shape index (κ2) is 5.65. The number of benzene rings is 2. The van der Waals surface area contributed by atoms with Gasteiger partial charge in [0.05, 0.1) is 5.56 Å². The molecule has 0 aromatic heterocycles. The van der Waals surface area contributed by atoms with Gasteiger partial charge in [0.1, 0.15) is 39.9 Å². The molecule has 0 spiro atoms. The molecule has 2 heterocycles. The van der Waals surface area contributed by atoms with Crippen LogP contribution in [0.1, 0.15) is 41.4 Å². The van der Waals surface area contributed by atoms with Crippen LogP contribution < -0.4 is 9.47 Å². The van der Waals surface area contributed by atoms with Crippen molar-refractivity contribution in [2.24, 2.45) is 0 Å². The molecule has 7 nitrogen and oxygen atoms in total. The van der Waals surface area contributed by atoms with Crippen molar-refractivity contribution in [2.45, 2.75) is 31.7 Å². The Kier molecular flexibility index (Phi) is 3.61. The van der Waals surface area contributed by atoms with E-state index in [2.05, 4.69) is 0 Å². The Morgan fingerprint density at radius 1 is 1.07 bits per heavy atom. The number of phenols is 3. The van der Waals surface area contributed by atoms with Gasteiger partial charge in [-0.25, -0.2) is 0 Å². The molecule has 27 heavy (non-hydrogen) atoms. The van der Waals surface area contributed by atoms with Gasteiger partial charge in [0.15, 0.2) is 12.2 Å². The highest BCUT2D eigenvalue weighted by Gasteiger charge is 2.42. The number of fused-ring (bicyclic) bond motifs is 3. The molecule has 2 atom stereocenters. The Balaban J connectivity index is 1.87. The number of hydrogen-bond acceptors (Lipinski definition) is 7. The number of carbonyl (C=O) groups excluding carboxylic acids is 1. The van der Waals surface area contributed by atoms with Crippen LogP contribution in [0, 0.1) is 0 Å². The number of aromatic hydroxyl groups is 3. The first-order valence-electron chi connectivity index (χ1n) is 8.37. The Morgan fingerprint density at radius 3 is 2.52 bits per heavy atom. The molecule has 4 rings (SSSR count). The van der Waals surface area contributed by atoms with E-state index in [9.17, 15) is 25.2 Å². The molecule has 4 N–H and O–H groups in total. The smallest absolute Gasteiger partial charge is 0.202 e. The summed E-state index contributed by atoms with van der Waals surface area (Å²) in [7, 11) is 0. The fourth-order valence-corrected chi connectivity index (χ4v) is 3.32. The van der Waals surface area contributed by atoms with Crippen molar-refractivity contribution in [3.05, 3.63) is 47.0 Å². The molecule has 0 fully saturated rings. The van der Waals surface area contributed by atoms with E-state index in [1.165, 1.54) is 18.2 Å². The molecule has 0 bridgehead atoms. The average Bonchev–Trinajstić information content (AvgIpc) is 2.57. The maximum atomic E-state index is 12.7. The maximum Gasteiger partial charge on any atom is 0.202 e. The van der Waals surface area contributed by atoms with Gasteiger partial charge in [-0.3, -0.25) is 4.79 Å². The zero-order chi connectivity index (χ0) is 19.5. The van der Waals surface area contributed by atoms with E-state index in [0.717, 1.165) is 6.07 Å². The van der Waals surface area contributed by atoms with Gasteiger partial charge in [0.25, 0.3) is 0 Å². The maximum absolute atomic E-state index is 12.7. The Hall–Kier alpha value is -3.19. The summed E-state index contributed by atoms with van der Waals surface area (Å²) < 4.78 is 11.7. The summed E-state index contributed by atoms with van der Waals surface area (Å²) in [5.41, 5.74) is -0.132. The molecule has 2 aromatic rings. The molecule has 2 aromatic carbocycles. The van der Waals surface area contributed by atoms with E-state index >= 15 is 0 Å². The van der Waals surface area contributed by atoms with Crippen LogP contribution in [0.25, 0.3) is 6.08 Å². The summed E-state index contributed by atoms with van der Waals surface area (Å²) >= 11 is 0. The third-order valence-corrected chi connectivity index (χ3v) is 4.65. The lowest BCUT2D eigenvalue weighted by Crippen LogP contribution is -2.37. The second-order valence-electron chi connectivity index (χ2n) is 7.14. The Bertz CT molecular complexity index is 990. The van der Waals surface area contributed by atoms with Crippen LogP contribution >= 0.6 is 0 Å². The molecular formula is C20H18O7. The minimum Gasteiger partial charge on any atom is -0.508 e. The average molecular weight is 370 g/mol. The van der Waals surface area contributed by atoms with Crippen LogP contribution in [0.3, 0.4) is 0 Å². The summed E-state index contributed by atoms with van der Waals surface area (Å²) in [6.07, 6.45) is 0.677. The lowest BCUT2D eigenvalue weighted by molar-refractivity contribution is 0.0199. The summed E-state index contributed by atoms with van der Waals surface area (Å²) in [5, 5.41) is 40.3. The van der Waals surface area contributed by atoms with Crippen LogP contribution in [-0.4, -0.2) is 37.9 Å². The number of aliphatic hydroxyl groups is 1. The lowest BCUT2D eigenvalue weighted by atomic mass is 9.89. The predicted molar refractivity (Wildman–Crippen MR) is 95.3 cm³/mol. The van der Waals surface area contributed by atoms with Crippen molar-refractivity contribution >= 4 is 11.9 Å². The number of ether oxygens (including phenoxy) is 2. The summed E-state index contributed by atoms with van der Waals surface area (Å²) in [5.74, 6) is -1.15. The fourth-order valence-electron chi connectivity index (χ4n) is 3.32. The largest absolute Gasteiger partial charge is 0.508 e. The molecule has 2 aliphatic heterocycles. The number of carbonyl (C=O) groups is 1. The molecular weight excluding hydrogens is 352 g/mol. The minimum atomic E-state index is -1.64. The third kappa shape index (κ3) is 2.67. The van der Waals surface area contributed by atoms with Crippen molar-refractivity contribution in [3.63, 3.8) is 0 Å². The van der Waals surface area contributed by atoms with Gasteiger partial charge in [-0.2, -0.15) is 0 Å². The molecule has 0 saturated carbocycles. The summed E-state index contributed by atoms with van der Waals surface area (Å²) in [6.45, 7) is 3.69. The Morgan fingerprint density at radius 2 is 1.81 bits per heavy atom. The zero-order valence-electron chi connectivity index (χ0n) is 14.6. The first kappa shape index (κ1) is 17.2. The fraction of sp³-hybridized carbons (Fsp3) is 0.250. The number of Topliss-reactive ketones (excluding diaryl/α,β-unsaturated/α-hetero) is 1. The topological polar surface area (TPSA) is 116 Å². The van der Waals surface area contributed by atoms with Crippen molar-refractivity contribution in [2.75, 3.05) is 0 Å². The standard InChI is InChI=1S/C20H18O7/c1-20(2)6-5-11-14(27-20)8-13(23)15-16(24)17(25)19(26-18(11)15)10-4-3-9(21)7-12(10)22/h3-8,17,19,21-23,25H,1-2H3. The Labute approximate surface area is 154 Å². The second-order valence-corrected chi connectivity index (χ2v) is 7.14. The van der Waals surface area contributed by atoms with Crippen LogP contribution in [-0.2, 0) is 0 Å². The van der Waals surface area contributed by atoms with Crippen molar-refractivity contribution in [1.29, 1.82) is 0 Å². The van der Waals surface area contributed by atoms with Crippen LogP contribution in [0.5, 0.6) is 28.7 Å². The van der Waals surface area contributed by atoms with E-state index in [1.54, 1.807) is 12.2 Å². The van der Waals surface area contributed by atoms with Gasteiger partial charge in [-0.1, -0.05) is 0 Å². The minimum absolute atomic E-state index is 0.0736. The normalized spacial score (nSPS) is 22.4. The SMILES string of the molecule is CC1(C)C=Cc2c(cc(O)c3c2OC(c2ccc(O)cc2O)C(O)C3=O)O1. The van der Waals surface area contributed by atoms with E-state index < -0.39 is 23.6 Å². The highest BCUT2D eigenvalue weighted by molar-refractivity contribution is 6.07. The number of hydrogen-bond donors (Lipinski definition) is 4. The first-order chi connectivity index (χ1) is 12.7. The number of phenolic OH excluding ortho intramolecular Hbond substituents is 3. The van der Waals surface area contributed by atoms with Gasteiger partial charge in [0, 0.05) is 17.7 Å². The van der Waals surface area contributed by atoms with E-state index in [4.69, 9.17) is 9.47 Å². The molecule has 2 unspecified atom stereocenters. The molecule has 0 aliphatic carbocycles. The molecule has 0 saturated heterocycles. The van der Waals surface area contributed by atoms with Crippen molar-refractivity contribution < 1.29 is 34.7 Å². The van der Waals surface area contributed by atoms with Gasteiger partial charge >= 0.3 is 0 Å². The predicted octanol–water partition coefficient (Wildman–Crippen LogP) is 2.66. The quantitative estimate of drug-likeness (QED) is 0.610. The molecule has 0 amide bonds. The third-order valence-electron chi connectivity index (χ3n) is 4.65. The summed E-state index contributed by atoms with van der Waals surface area (Å²) in [4.78, 5) is 12.7. The zero-order valence-corrected chi connectivity index (χ0v) is 14.6. The van der Waals surface area contributed by atoms with Crippen LogP contribution in [0.2, 0.25) is 0 Å². The van der Waals surface area contributed by atoms with Gasteiger partial charge in [-0.15, -0.1) is 0 Å². The van der Waals surface area contributed by atoms with Crippen LogP contribution in [0.15, 0.2) is 30.3 Å². The molecule has 140 valence electrons. The van der Waals surface area contributed by atoms with E-state index in [0.29, 0.717) is 11.3 Å². The van der Waals surface area contributed by atoms with Gasteiger partial charge in [-0.05, 0) is 38.1 Å².